The minimum absolute atomic E-state index is 0.0407. The van der Waals surface area contributed by atoms with Gasteiger partial charge in [-0.3, -0.25) is 9.59 Å². The van der Waals surface area contributed by atoms with Gasteiger partial charge in [-0.1, -0.05) is 18.5 Å². The van der Waals surface area contributed by atoms with Gasteiger partial charge in [-0.15, -0.1) is 0 Å². The van der Waals surface area contributed by atoms with E-state index < -0.39 is 11.8 Å². The Balaban J connectivity index is 2.65. The summed E-state index contributed by atoms with van der Waals surface area (Å²) < 4.78 is 5.00. The summed E-state index contributed by atoms with van der Waals surface area (Å²) in [4.78, 5) is 22.4. The second-order valence-electron chi connectivity index (χ2n) is 3.91. The molecule has 1 unspecified atom stereocenters. The molecule has 1 rings (SSSR count). The first-order valence-corrected chi connectivity index (χ1v) is 5.74. The van der Waals surface area contributed by atoms with Gasteiger partial charge in [0.1, 0.15) is 5.75 Å². The maximum atomic E-state index is 11.6. The number of nitrogens with two attached hydrogens (primary N) is 1. The topological polar surface area (TPSA) is 81.4 Å². The molecule has 0 saturated heterocycles. The van der Waals surface area contributed by atoms with Crippen molar-refractivity contribution in [3.63, 3.8) is 0 Å². The van der Waals surface area contributed by atoms with Crippen LogP contribution in [0.5, 0.6) is 5.75 Å². The fourth-order valence-corrected chi connectivity index (χ4v) is 1.59. The van der Waals surface area contributed by atoms with Crippen LogP contribution in [0.1, 0.15) is 13.3 Å². The number of hydrogen-bond donors (Lipinski definition) is 2. The summed E-state index contributed by atoms with van der Waals surface area (Å²) in [5, 5.41) is 3.03. The quantitative estimate of drug-likeness (QED) is 0.856. The van der Waals surface area contributed by atoms with E-state index in [1.54, 1.807) is 25.1 Å². The zero-order chi connectivity index (χ0) is 13.7. The van der Waals surface area contributed by atoms with Crippen molar-refractivity contribution >= 4 is 29.1 Å². The number of benzene rings is 1. The van der Waals surface area contributed by atoms with Crippen LogP contribution in [0.4, 0.5) is 5.69 Å². The number of halogens is 1. The van der Waals surface area contributed by atoms with Crippen molar-refractivity contribution in [1.82, 2.24) is 0 Å². The first-order valence-electron chi connectivity index (χ1n) is 5.36. The van der Waals surface area contributed by atoms with Gasteiger partial charge < -0.3 is 15.8 Å². The number of carbonyl (C=O) groups is 2. The number of anilines is 1. The van der Waals surface area contributed by atoms with Gasteiger partial charge in [-0.25, -0.2) is 0 Å². The molecule has 0 heterocycles. The smallest absolute Gasteiger partial charge is 0.225 e. The van der Waals surface area contributed by atoms with E-state index in [-0.39, 0.29) is 12.3 Å². The van der Waals surface area contributed by atoms with Crippen LogP contribution in [-0.2, 0) is 9.59 Å². The molecule has 0 aliphatic rings. The molecular formula is C12H15ClN2O3. The van der Waals surface area contributed by atoms with Gasteiger partial charge in [0.25, 0.3) is 0 Å². The van der Waals surface area contributed by atoms with Crippen LogP contribution >= 0.6 is 11.6 Å². The highest BCUT2D eigenvalue weighted by Crippen LogP contribution is 2.27. The van der Waals surface area contributed by atoms with E-state index >= 15 is 0 Å². The van der Waals surface area contributed by atoms with Crippen LogP contribution in [0.3, 0.4) is 0 Å². The van der Waals surface area contributed by atoms with Gasteiger partial charge in [0.2, 0.25) is 11.8 Å². The molecule has 0 aliphatic carbocycles. The van der Waals surface area contributed by atoms with E-state index in [0.29, 0.717) is 16.5 Å². The molecule has 0 saturated carbocycles. The molecular weight excluding hydrogens is 256 g/mol. The van der Waals surface area contributed by atoms with Crippen molar-refractivity contribution in [3.8, 4) is 5.75 Å². The number of rotatable bonds is 5. The highest BCUT2D eigenvalue weighted by atomic mass is 35.5. The van der Waals surface area contributed by atoms with E-state index in [2.05, 4.69) is 5.32 Å². The molecule has 0 radical (unpaired) electrons. The lowest BCUT2D eigenvalue weighted by atomic mass is 10.1. The standard InChI is InChI=1S/C12H15ClN2O3/c1-7(12(14)17)5-11(16)15-8-3-4-10(18-2)9(13)6-8/h3-4,6-7H,5H2,1-2H3,(H2,14,17)(H,15,16). The van der Waals surface area contributed by atoms with Crippen molar-refractivity contribution in [1.29, 1.82) is 0 Å². The number of nitrogens with one attached hydrogen (secondary N) is 1. The Kier molecular flexibility index (Phi) is 4.97. The average Bonchev–Trinajstić information content (AvgIpc) is 2.28. The number of hydrogen-bond acceptors (Lipinski definition) is 3. The fourth-order valence-electron chi connectivity index (χ4n) is 1.33. The van der Waals surface area contributed by atoms with Gasteiger partial charge in [0, 0.05) is 18.0 Å². The Morgan fingerprint density at radius 2 is 2.17 bits per heavy atom. The number of methoxy groups -OCH3 is 1. The summed E-state index contributed by atoms with van der Waals surface area (Å²) in [5.74, 6) is -0.765. The van der Waals surface area contributed by atoms with Crippen molar-refractivity contribution < 1.29 is 14.3 Å². The Bertz CT molecular complexity index is 463. The van der Waals surface area contributed by atoms with E-state index in [1.807, 2.05) is 0 Å². The van der Waals surface area contributed by atoms with Crippen LogP contribution < -0.4 is 15.8 Å². The van der Waals surface area contributed by atoms with E-state index in [1.165, 1.54) is 7.11 Å². The van der Waals surface area contributed by atoms with E-state index in [0.717, 1.165) is 0 Å². The number of ether oxygens (including phenoxy) is 1. The normalized spacial score (nSPS) is 11.7. The highest BCUT2D eigenvalue weighted by molar-refractivity contribution is 6.32. The van der Waals surface area contributed by atoms with Crippen LogP contribution in [0.15, 0.2) is 18.2 Å². The minimum atomic E-state index is -0.502. The molecule has 0 aromatic heterocycles. The molecule has 3 N–H and O–H groups in total. The number of primary amides is 1. The summed E-state index contributed by atoms with van der Waals surface area (Å²) in [6.07, 6.45) is 0.0407. The zero-order valence-corrected chi connectivity index (χ0v) is 11.0. The maximum absolute atomic E-state index is 11.6. The molecule has 98 valence electrons. The summed E-state index contributed by atoms with van der Waals surface area (Å²) in [5.41, 5.74) is 5.63. The van der Waals surface area contributed by atoms with Crippen molar-refractivity contribution in [2.75, 3.05) is 12.4 Å². The van der Waals surface area contributed by atoms with Gasteiger partial charge in [0.15, 0.2) is 0 Å². The Morgan fingerprint density at radius 3 is 2.67 bits per heavy atom. The molecule has 18 heavy (non-hydrogen) atoms. The molecule has 0 spiro atoms. The molecule has 1 aromatic rings. The van der Waals surface area contributed by atoms with Crippen molar-refractivity contribution in [3.05, 3.63) is 23.2 Å². The van der Waals surface area contributed by atoms with E-state index in [9.17, 15) is 9.59 Å². The largest absolute Gasteiger partial charge is 0.495 e. The highest BCUT2D eigenvalue weighted by Gasteiger charge is 2.14. The van der Waals surface area contributed by atoms with Gasteiger partial charge in [-0.2, -0.15) is 0 Å². The third-order valence-corrected chi connectivity index (χ3v) is 2.71. The third kappa shape index (κ3) is 3.92. The molecule has 0 aliphatic heterocycles. The average molecular weight is 271 g/mol. The molecule has 5 nitrogen and oxygen atoms in total. The summed E-state index contributed by atoms with van der Waals surface area (Å²) in [7, 11) is 1.51. The predicted molar refractivity (Wildman–Crippen MR) is 69.6 cm³/mol. The van der Waals surface area contributed by atoms with Crippen LogP contribution in [0.2, 0.25) is 5.02 Å². The molecule has 1 atom stereocenters. The summed E-state index contributed by atoms with van der Waals surface area (Å²) >= 11 is 5.92. The van der Waals surface area contributed by atoms with Crippen LogP contribution in [-0.4, -0.2) is 18.9 Å². The second-order valence-corrected chi connectivity index (χ2v) is 4.31. The SMILES string of the molecule is COc1ccc(NC(=O)CC(C)C(N)=O)cc1Cl. The van der Waals surface area contributed by atoms with Crippen molar-refractivity contribution in [2.24, 2.45) is 11.7 Å². The molecule has 0 fully saturated rings. The monoisotopic (exact) mass is 270 g/mol. The molecule has 6 heteroatoms. The Morgan fingerprint density at radius 1 is 1.50 bits per heavy atom. The van der Waals surface area contributed by atoms with Crippen LogP contribution in [0, 0.1) is 5.92 Å². The zero-order valence-electron chi connectivity index (χ0n) is 10.2. The van der Waals surface area contributed by atoms with Crippen molar-refractivity contribution in [2.45, 2.75) is 13.3 Å². The van der Waals surface area contributed by atoms with Crippen LogP contribution in [0.25, 0.3) is 0 Å². The van der Waals surface area contributed by atoms with Gasteiger partial charge >= 0.3 is 0 Å². The summed E-state index contributed by atoms with van der Waals surface area (Å²) in [6, 6.07) is 4.89. The Hall–Kier alpha value is -1.75. The number of carbonyl (C=O) groups excluding carboxylic acids is 2. The lowest BCUT2D eigenvalue weighted by molar-refractivity contribution is -0.125. The number of amides is 2. The first-order chi connectivity index (χ1) is 8.43. The first kappa shape index (κ1) is 14.3. The van der Waals surface area contributed by atoms with Gasteiger partial charge in [-0.05, 0) is 18.2 Å². The van der Waals surface area contributed by atoms with Gasteiger partial charge in [0.05, 0.1) is 12.1 Å². The predicted octanol–water partition coefficient (Wildman–Crippen LogP) is 1.80. The molecule has 2 amide bonds. The molecule has 1 aromatic carbocycles. The lowest BCUT2D eigenvalue weighted by Crippen LogP contribution is -2.25. The summed E-state index contributed by atoms with van der Waals surface area (Å²) in [6.45, 7) is 1.60. The third-order valence-electron chi connectivity index (χ3n) is 2.41. The maximum Gasteiger partial charge on any atom is 0.225 e. The lowest BCUT2D eigenvalue weighted by Gasteiger charge is -2.10. The molecule has 0 bridgehead atoms. The Labute approximate surface area is 110 Å². The minimum Gasteiger partial charge on any atom is -0.495 e. The fraction of sp³-hybridized carbons (Fsp3) is 0.333. The second kappa shape index (κ2) is 6.26. The van der Waals surface area contributed by atoms with E-state index in [4.69, 9.17) is 22.1 Å².